The zero-order valence-electron chi connectivity index (χ0n) is 54.0. The van der Waals surface area contributed by atoms with Crippen molar-refractivity contribution in [1.29, 1.82) is 0 Å². The van der Waals surface area contributed by atoms with Gasteiger partial charge in [-0.2, -0.15) is 18.5 Å². The summed E-state index contributed by atoms with van der Waals surface area (Å²) in [6.45, 7) is 7.29. The van der Waals surface area contributed by atoms with Crippen molar-refractivity contribution in [3.8, 4) is 0 Å². The van der Waals surface area contributed by atoms with Gasteiger partial charge < -0.3 is 16.0 Å². The van der Waals surface area contributed by atoms with Crippen LogP contribution in [0.3, 0.4) is 0 Å². The van der Waals surface area contributed by atoms with Gasteiger partial charge in [-0.25, -0.2) is 0 Å². The number of ketones is 3. The molecule has 3 heterocycles. The lowest BCUT2D eigenvalue weighted by Crippen LogP contribution is -2.33. The first kappa shape index (κ1) is 73.8. The highest BCUT2D eigenvalue weighted by atomic mass is 32.1. The van der Waals surface area contributed by atoms with Crippen molar-refractivity contribution in [2.75, 3.05) is 39.5 Å². The van der Waals surface area contributed by atoms with Crippen LogP contribution in [0, 0.1) is 0 Å². The zero-order valence-corrected chi connectivity index (χ0v) is 57.3. The number of carbonyl (C=O) groups is 3. The summed E-state index contributed by atoms with van der Waals surface area (Å²) in [5.41, 5.74) is 13.6. The second kappa shape index (κ2) is 45.1. The number of nitrogens with one attached hydrogen (secondary N) is 3. The SMILES string of the molecule is CCCc1ccc(CCCCCCCCC(=O)C(NCCO[P+](O)(OCCNC(C(=O)CCCCCCCCc2ccc(CCC)cc2)c2cncs2)OCCNC(C(=O)CCCCCCCCc2ccc(CCC)cc2)c2cncs2)c2cncs2)cc1. The molecule has 0 aliphatic rings. The molecule has 0 fully saturated rings. The van der Waals surface area contributed by atoms with E-state index in [1.807, 2.05) is 0 Å². The number of hydrogen-bond donors (Lipinski definition) is 4. The Morgan fingerprint density at radius 2 is 0.618 bits per heavy atom. The van der Waals surface area contributed by atoms with Gasteiger partial charge in [-0.05, 0) is 110 Å². The van der Waals surface area contributed by atoms with Crippen molar-refractivity contribution in [3.63, 3.8) is 0 Å². The van der Waals surface area contributed by atoms with Gasteiger partial charge in [-0.3, -0.25) is 29.3 Å². The van der Waals surface area contributed by atoms with Crippen LogP contribution < -0.4 is 16.0 Å². The Morgan fingerprint density at radius 1 is 0.382 bits per heavy atom. The molecule has 0 saturated heterocycles. The number of Topliss-reactive ketones (excluding diaryl/α,β-unsaturated/α-hetero) is 3. The maximum atomic E-state index is 13.8. The molecule has 17 heteroatoms. The highest BCUT2D eigenvalue weighted by molar-refractivity contribution is 7.55. The van der Waals surface area contributed by atoms with Crippen LogP contribution in [0.15, 0.2) is 108 Å². The third kappa shape index (κ3) is 29.9. The molecule has 0 bridgehead atoms. The molecule has 0 aliphatic heterocycles. The lowest BCUT2D eigenvalue weighted by molar-refractivity contribution is -0.122. The van der Waals surface area contributed by atoms with Crippen LogP contribution >= 0.6 is 42.2 Å². The Labute approximate surface area is 546 Å². The molecule has 4 N–H and O–H groups in total. The summed E-state index contributed by atoms with van der Waals surface area (Å²) in [6.07, 6.45) is 36.0. The minimum absolute atomic E-state index is 0.0135. The number of benzene rings is 3. The monoisotopic (exact) mass is 1290 g/mol. The van der Waals surface area contributed by atoms with Crippen LogP contribution in [0.1, 0.15) is 241 Å². The number of aryl methyl sites for hydroxylation is 6. The van der Waals surface area contributed by atoms with Gasteiger partial charge in [0.05, 0.1) is 16.5 Å². The van der Waals surface area contributed by atoms with E-state index in [9.17, 15) is 19.3 Å². The van der Waals surface area contributed by atoms with Crippen LogP contribution in [0.2, 0.25) is 0 Å². The molecule has 13 nitrogen and oxygen atoms in total. The molecule has 3 atom stereocenters. The third-order valence-electron chi connectivity index (χ3n) is 16.4. The van der Waals surface area contributed by atoms with Crippen molar-refractivity contribution < 1.29 is 32.8 Å². The molecule has 3 unspecified atom stereocenters. The third-order valence-corrected chi connectivity index (χ3v) is 20.4. The van der Waals surface area contributed by atoms with Crippen LogP contribution in [0.25, 0.3) is 0 Å². The summed E-state index contributed by atoms with van der Waals surface area (Å²) in [5, 5.41) is 10.1. The van der Waals surface area contributed by atoms with Crippen molar-refractivity contribution in [2.45, 2.75) is 232 Å². The van der Waals surface area contributed by atoms with Gasteiger partial charge >= 0.3 is 8.17 Å². The number of rotatable bonds is 54. The predicted octanol–water partition coefficient (Wildman–Crippen LogP) is 17.6. The van der Waals surface area contributed by atoms with Crippen molar-refractivity contribution >= 4 is 59.5 Å². The van der Waals surface area contributed by atoms with Gasteiger partial charge in [-0.15, -0.1) is 34.0 Å². The number of nitrogens with zero attached hydrogens (tertiary/aromatic N) is 3. The molecule has 6 rings (SSSR count). The van der Waals surface area contributed by atoms with Crippen LogP contribution in [0.4, 0.5) is 0 Å². The van der Waals surface area contributed by atoms with E-state index in [2.05, 4.69) is 124 Å². The molecule has 0 radical (unpaired) electrons. The fourth-order valence-corrected chi connectivity index (χ4v) is 14.7. The first-order valence-electron chi connectivity index (χ1n) is 33.9. The van der Waals surface area contributed by atoms with Crippen molar-refractivity contribution in [3.05, 3.63) is 156 Å². The first-order valence-corrected chi connectivity index (χ1v) is 38.0. The molecule has 0 amide bonds. The summed E-state index contributed by atoms with van der Waals surface area (Å²) >= 11 is 4.30. The average Bonchev–Trinajstić information content (AvgIpc) is 4.61. The quantitative estimate of drug-likeness (QED) is 0.0210. The maximum absolute atomic E-state index is 13.8. The fourth-order valence-electron chi connectivity index (χ4n) is 11.4. The Balaban J connectivity index is 0.957. The highest BCUT2D eigenvalue weighted by Gasteiger charge is 2.45. The Hall–Kier alpha value is -4.29. The second-order valence-corrected chi connectivity index (χ2v) is 28.3. The van der Waals surface area contributed by atoms with E-state index >= 15 is 0 Å². The standard InChI is InChI=1S/C72H106N6O7PS3/c1-4-25-58-34-40-61(41-35-58)28-19-13-7-10-16-22-31-64(79)70(67-52-73-55-87-67)76-46-49-83-86(82,84-50-47-77-71(68-53-74-56-88-68)65(80)32-23-17-11-8-14-20-29-62-42-36-59(26-5-2)37-43-62)85-51-48-78-72(69-54-75-57-89-69)66(81)33-24-18-12-9-15-21-30-63-44-38-60(27-6-3)39-45-63/h34-45,52-57,70-72,76-78,82H,4-33,46-51H2,1-3H3/q+1. The first-order chi connectivity index (χ1) is 43.7. The molecular weight excluding hydrogens is 1190 g/mol. The Morgan fingerprint density at radius 3 is 0.854 bits per heavy atom. The van der Waals surface area contributed by atoms with Gasteiger partial charge in [0.25, 0.3) is 0 Å². The molecule has 89 heavy (non-hydrogen) atoms. The highest BCUT2D eigenvalue weighted by Crippen LogP contribution is 2.57. The van der Waals surface area contributed by atoms with Crippen molar-refractivity contribution in [2.24, 2.45) is 0 Å². The molecule has 0 spiro atoms. The predicted molar refractivity (Wildman–Crippen MR) is 370 cm³/mol. The molecule has 6 aromatic rings. The minimum atomic E-state index is -3.97. The van der Waals surface area contributed by atoms with Crippen LogP contribution in [-0.2, 0) is 66.5 Å². The second-order valence-electron chi connectivity index (χ2n) is 23.8. The summed E-state index contributed by atoms with van der Waals surface area (Å²) < 4.78 is 18.4. The number of aromatic nitrogens is 3. The number of thiazole rings is 3. The van der Waals surface area contributed by atoms with E-state index in [1.165, 1.54) is 125 Å². The van der Waals surface area contributed by atoms with E-state index in [0.717, 1.165) is 130 Å². The molecule has 0 aliphatic carbocycles. The summed E-state index contributed by atoms with van der Waals surface area (Å²) in [7, 11) is -3.97. The molecule has 3 aromatic heterocycles. The molecular formula is C72H106N6O7PS3+. The number of hydrogen-bond acceptors (Lipinski definition) is 16. The van der Waals surface area contributed by atoms with Gasteiger partial charge in [0.2, 0.25) is 0 Å². The summed E-state index contributed by atoms with van der Waals surface area (Å²) in [6, 6.07) is 25.5. The van der Waals surface area contributed by atoms with Gasteiger partial charge in [0.1, 0.15) is 37.9 Å². The van der Waals surface area contributed by atoms with Crippen LogP contribution in [0.5, 0.6) is 0 Å². The summed E-state index contributed by atoms with van der Waals surface area (Å²) in [5.74, 6) is 0.280. The molecule has 488 valence electrons. The fraction of sp³-hybridized carbons (Fsp3) is 0.583. The Kier molecular flexibility index (Phi) is 37.4. The van der Waals surface area contributed by atoms with Crippen LogP contribution in [-0.4, -0.2) is 76.6 Å². The van der Waals surface area contributed by atoms with Crippen molar-refractivity contribution in [1.82, 2.24) is 30.9 Å². The molecule has 0 saturated carbocycles. The number of carbonyl (C=O) groups excluding carboxylic acids is 3. The topological polar surface area (TPSA) is 174 Å². The van der Waals surface area contributed by atoms with Gasteiger partial charge in [0, 0.05) is 72.1 Å². The smallest absolute Gasteiger partial charge is 0.301 e. The average molecular weight is 1290 g/mol. The largest absolute Gasteiger partial charge is 0.572 e. The summed E-state index contributed by atoms with van der Waals surface area (Å²) in [4.78, 5) is 68.8. The number of unbranched alkanes of at least 4 members (excludes halogenated alkanes) is 15. The van der Waals surface area contributed by atoms with E-state index in [4.69, 9.17) is 13.6 Å². The van der Waals surface area contributed by atoms with E-state index in [1.54, 1.807) is 35.1 Å². The maximum Gasteiger partial charge on any atom is 0.572 e. The van der Waals surface area contributed by atoms with Gasteiger partial charge in [0.15, 0.2) is 17.3 Å². The zero-order chi connectivity index (χ0) is 62.8. The van der Waals surface area contributed by atoms with Gasteiger partial charge in [-0.1, -0.05) is 190 Å². The van der Waals surface area contributed by atoms with E-state index in [0.29, 0.717) is 19.3 Å². The Bertz CT molecular complexity index is 2460. The minimum Gasteiger partial charge on any atom is -0.301 e. The van der Waals surface area contributed by atoms with E-state index in [-0.39, 0.29) is 56.8 Å². The lowest BCUT2D eigenvalue weighted by atomic mass is 10.0. The molecule has 3 aromatic carbocycles. The lowest BCUT2D eigenvalue weighted by Gasteiger charge is -2.20. The van der Waals surface area contributed by atoms with E-state index < -0.39 is 26.3 Å². The normalized spacial score (nSPS) is 13.3.